The Morgan fingerprint density at radius 1 is 1.25 bits per heavy atom. The Kier molecular flexibility index (Phi) is 4.82. The summed E-state index contributed by atoms with van der Waals surface area (Å²) in [5.41, 5.74) is 1.46. The third kappa shape index (κ3) is 3.57. The molecule has 1 aromatic carbocycles. The summed E-state index contributed by atoms with van der Waals surface area (Å²) in [7, 11) is 3.46. The van der Waals surface area contributed by atoms with Gasteiger partial charge in [0.15, 0.2) is 0 Å². The molecule has 0 amide bonds. The molecule has 3 atom stereocenters. The molecule has 0 radical (unpaired) electrons. The lowest BCUT2D eigenvalue weighted by molar-refractivity contribution is 0.00130. The number of benzene rings is 1. The van der Waals surface area contributed by atoms with Gasteiger partial charge in [0, 0.05) is 43.2 Å². The number of ether oxygens (including phenoxy) is 1. The second-order valence-corrected chi connectivity index (χ2v) is 10.4. The van der Waals surface area contributed by atoms with Crippen molar-refractivity contribution in [3.8, 4) is 17.0 Å². The predicted molar refractivity (Wildman–Crippen MR) is 128 cm³/mol. The molecule has 3 aromatic heterocycles. The van der Waals surface area contributed by atoms with Crippen LogP contribution in [-0.4, -0.2) is 79.4 Å². The minimum Gasteiger partial charge on any atom is -0.479 e. The maximum Gasteiger partial charge on any atom is 0.264 e. The zero-order valence-corrected chi connectivity index (χ0v) is 20.5. The van der Waals surface area contributed by atoms with E-state index in [-0.39, 0.29) is 6.04 Å². The standard InChI is InChI=1S/C24H27F3N8O/c1-22(25)11-33(3)13-24(22)10-18(24)28-21-29-20(36-4)19-15(7-8-34(19)31-21)14-5-6-16-17(9-14)35(32-30-16)12-23(2,26)27/h5-9,18H,10-13H2,1-4H3,(H,28,31). The van der Waals surface area contributed by atoms with Crippen molar-refractivity contribution in [1.29, 1.82) is 0 Å². The summed E-state index contributed by atoms with van der Waals surface area (Å²) < 4.78 is 51.0. The first-order chi connectivity index (χ1) is 17.0. The monoisotopic (exact) mass is 500 g/mol. The molecule has 2 fully saturated rings. The smallest absolute Gasteiger partial charge is 0.264 e. The molecular formula is C24H27F3N8O. The number of nitrogens with zero attached hydrogens (tertiary/aromatic N) is 7. The van der Waals surface area contributed by atoms with Crippen molar-refractivity contribution < 1.29 is 17.9 Å². The van der Waals surface area contributed by atoms with E-state index in [0.29, 0.717) is 47.9 Å². The second kappa shape index (κ2) is 7.55. The highest BCUT2D eigenvalue weighted by molar-refractivity contribution is 5.89. The molecule has 1 saturated carbocycles. The average molecular weight is 501 g/mol. The van der Waals surface area contributed by atoms with Gasteiger partial charge in [-0.1, -0.05) is 11.3 Å². The summed E-state index contributed by atoms with van der Waals surface area (Å²) in [6.45, 7) is 3.04. The van der Waals surface area contributed by atoms with Crippen LogP contribution in [0.15, 0.2) is 30.5 Å². The van der Waals surface area contributed by atoms with Gasteiger partial charge in [-0.2, -0.15) is 4.98 Å². The molecule has 1 N–H and O–H groups in total. The van der Waals surface area contributed by atoms with Crippen LogP contribution in [0.2, 0.25) is 0 Å². The lowest BCUT2D eigenvalue weighted by Crippen LogP contribution is -2.34. The van der Waals surface area contributed by atoms with Crippen molar-refractivity contribution in [1.82, 2.24) is 34.5 Å². The lowest BCUT2D eigenvalue weighted by Gasteiger charge is -2.22. The average Bonchev–Trinajstić information content (AvgIpc) is 3.07. The molecule has 190 valence electrons. The summed E-state index contributed by atoms with van der Waals surface area (Å²) >= 11 is 0. The molecule has 1 aliphatic heterocycles. The second-order valence-electron chi connectivity index (χ2n) is 10.4. The zero-order chi connectivity index (χ0) is 25.5. The van der Waals surface area contributed by atoms with E-state index in [1.54, 1.807) is 29.8 Å². The van der Waals surface area contributed by atoms with E-state index in [0.717, 1.165) is 18.1 Å². The van der Waals surface area contributed by atoms with Crippen LogP contribution >= 0.6 is 0 Å². The van der Waals surface area contributed by atoms with Crippen molar-refractivity contribution in [3.63, 3.8) is 0 Å². The van der Waals surface area contributed by atoms with Crippen molar-refractivity contribution in [2.24, 2.45) is 5.41 Å². The van der Waals surface area contributed by atoms with E-state index >= 15 is 4.39 Å². The Bertz CT molecular complexity index is 1480. The Hall–Kier alpha value is -3.41. The third-order valence-electron chi connectivity index (χ3n) is 7.46. The van der Waals surface area contributed by atoms with Gasteiger partial charge in [0.2, 0.25) is 11.8 Å². The zero-order valence-electron chi connectivity index (χ0n) is 20.5. The molecule has 4 aromatic rings. The van der Waals surface area contributed by atoms with Crippen molar-refractivity contribution in [2.45, 2.75) is 44.4 Å². The first-order valence-electron chi connectivity index (χ1n) is 11.8. The molecule has 1 aliphatic carbocycles. The Balaban J connectivity index is 1.34. The van der Waals surface area contributed by atoms with Gasteiger partial charge >= 0.3 is 0 Å². The number of hydrogen-bond acceptors (Lipinski definition) is 7. The van der Waals surface area contributed by atoms with Crippen molar-refractivity contribution >= 4 is 22.5 Å². The number of anilines is 1. The molecule has 1 spiro atoms. The summed E-state index contributed by atoms with van der Waals surface area (Å²) in [6, 6.07) is 7.16. The molecular weight excluding hydrogens is 473 g/mol. The van der Waals surface area contributed by atoms with Gasteiger partial charge in [0.05, 0.1) is 12.6 Å². The number of aromatic nitrogens is 6. The fourth-order valence-electron chi connectivity index (χ4n) is 5.71. The van der Waals surface area contributed by atoms with Gasteiger partial charge in [0.25, 0.3) is 5.92 Å². The number of alkyl halides is 3. The SMILES string of the molecule is COc1nc(NC2CC23CN(C)CC3(C)F)nn2ccc(-c3ccc4nnn(CC(C)(F)F)c4c3)c12. The highest BCUT2D eigenvalue weighted by Gasteiger charge is 2.69. The highest BCUT2D eigenvalue weighted by atomic mass is 19.3. The molecule has 0 bridgehead atoms. The number of likely N-dealkylation sites (tertiary alicyclic amines) is 1. The number of fused-ring (bicyclic) bond motifs is 2. The number of hydrogen-bond donors (Lipinski definition) is 1. The van der Waals surface area contributed by atoms with Crippen molar-refractivity contribution in [3.05, 3.63) is 30.5 Å². The lowest BCUT2D eigenvalue weighted by atomic mass is 9.90. The van der Waals surface area contributed by atoms with E-state index in [2.05, 4.69) is 25.7 Å². The fourth-order valence-corrected chi connectivity index (χ4v) is 5.71. The van der Waals surface area contributed by atoms with Crippen LogP contribution in [0, 0.1) is 5.41 Å². The van der Waals surface area contributed by atoms with E-state index in [1.165, 1.54) is 11.8 Å². The van der Waals surface area contributed by atoms with Gasteiger partial charge in [-0.25, -0.2) is 22.4 Å². The van der Waals surface area contributed by atoms with Crippen LogP contribution in [0.1, 0.15) is 20.3 Å². The quantitative estimate of drug-likeness (QED) is 0.433. The summed E-state index contributed by atoms with van der Waals surface area (Å²) in [4.78, 5) is 6.59. The third-order valence-corrected chi connectivity index (χ3v) is 7.46. The molecule has 12 heteroatoms. The largest absolute Gasteiger partial charge is 0.479 e. The molecule has 4 heterocycles. The topological polar surface area (TPSA) is 85.4 Å². The Labute approximate surface area is 205 Å². The summed E-state index contributed by atoms with van der Waals surface area (Å²) in [5.74, 6) is -2.22. The number of methoxy groups -OCH3 is 1. The predicted octanol–water partition coefficient (Wildman–Crippen LogP) is 3.65. The van der Waals surface area contributed by atoms with Crippen LogP contribution in [0.3, 0.4) is 0 Å². The normalized spacial score (nSPS) is 26.4. The highest BCUT2D eigenvalue weighted by Crippen LogP contribution is 2.60. The minimum atomic E-state index is -2.92. The minimum absolute atomic E-state index is 0.0680. The first-order valence-corrected chi connectivity index (χ1v) is 11.8. The van der Waals surface area contributed by atoms with Crippen LogP contribution < -0.4 is 10.1 Å². The van der Waals surface area contributed by atoms with Gasteiger partial charge < -0.3 is 15.0 Å². The van der Waals surface area contributed by atoms with Crippen LogP contribution in [-0.2, 0) is 6.54 Å². The summed E-state index contributed by atoms with van der Waals surface area (Å²) in [6.07, 6.45) is 2.49. The molecule has 9 nitrogen and oxygen atoms in total. The molecule has 2 aliphatic rings. The van der Waals surface area contributed by atoms with E-state index in [4.69, 9.17) is 4.74 Å². The van der Waals surface area contributed by atoms with Gasteiger partial charge in [0.1, 0.15) is 23.2 Å². The van der Waals surface area contributed by atoms with Gasteiger partial charge in [-0.05, 0) is 44.2 Å². The van der Waals surface area contributed by atoms with Gasteiger partial charge in [-0.3, -0.25) is 0 Å². The van der Waals surface area contributed by atoms with Crippen LogP contribution in [0.25, 0.3) is 27.7 Å². The maximum atomic E-state index is 15.2. The number of nitrogens with one attached hydrogen (secondary N) is 1. The maximum absolute atomic E-state index is 15.2. The molecule has 36 heavy (non-hydrogen) atoms. The van der Waals surface area contributed by atoms with E-state index in [1.807, 2.05) is 24.1 Å². The molecule has 3 unspecified atom stereocenters. The van der Waals surface area contributed by atoms with E-state index < -0.39 is 23.6 Å². The Morgan fingerprint density at radius 3 is 2.75 bits per heavy atom. The molecule has 1 saturated heterocycles. The first kappa shape index (κ1) is 23.0. The van der Waals surface area contributed by atoms with E-state index in [9.17, 15) is 8.78 Å². The molecule has 6 rings (SSSR count). The Morgan fingerprint density at radius 2 is 2.06 bits per heavy atom. The number of halogens is 3. The number of rotatable bonds is 6. The van der Waals surface area contributed by atoms with Crippen molar-refractivity contribution in [2.75, 3.05) is 32.6 Å². The van der Waals surface area contributed by atoms with Gasteiger partial charge in [-0.15, -0.1) is 10.2 Å². The summed E-state index contributed by atoms with van der Waals surface area (Å²) in [5, 5.41) is 15.8. The van der Waals surface area contributed by atoms with Crippen LogP contribution in [0.5, 0.6) is 5.88 Å². The van der Waals surface area contributed by atoms with Crippen LogP contribution in [0.4, 0.5) is 19.1 Å². The fraction of sp³-hybridized carbons (Fsp3) is 0.500.